The molecule has 1 aromatic heterocycles. The van der Waals surface area contributed by atoms with E-state index in [2.05, 4.69) is 17.2 Å². The van der Waals surface area contributed by atoms with Crippen LogP contribution >= 0.6 is 0 Å². The van der Waals surface area contributed by atoms with E-state index >= 15 is 0 Å². The number of aromatic nitrogens is 1. The van der Waals surface area contributed by atoms with Crippen molar-refractivity contribution in [3.63, 3.8) is 0 Å². The number of para-hydroxylation sites is 1. The van der Waals surface area contributed by atoms with Gasteiger partial charge in [0.1, 0.15) is 5.52 Å². The second-order valence-corrected chi connectivity index (χ2v) is 5.95. The molecule has 0 aliphatic heterocycles. The quantitative estimate of drug-likeness (QED) is 0.681. The zero-order chi connectivity index (χ0) is 14.8. The smallest absolute Gasteiger partial charge is 0.295 e. The Morgan fingerprint density at radius 1 is 1.38 bits per heavy atom. The lowest BCUT2D eigenvalue weighted by Crippen LogP contribution is -2.11. The van der Waals surface area contributed by atoms with E-state index in [0.717, 1.165) is 23.5 Å². The standard InChI is InChI=1S/C16H19N3O2/c1-11-5-6-12(9-11)10-18-14-7-8-17-16-13(14)3-2-4-15(16)19(20)21/h2-4,7-8,11-12H,5-6,9-10H2,1H3,(H,17,18). The SMILES string of the molecule is CC1CCC(CNc2ccnc3c([N+](=O)[O-])cccc23)C1. The Hall–Kier alpha value is -2.17. The molecule has 0 spiro atoms. The number of nitro groups is 1. The van der Waals surface area contributed by atoms with Crippen LogP contribution in [0.1, 0.15) is 26.2 Å². The molecule has 21 heavy (non-hydrogen) atoms. The monoisotopic (exact) mass is 285 g/mol. The molecule has 1 aliphatic carbocycles. The number of fused-ring (bicyclic) bond motifs is 1. The van der Waals surface area contributed by atoms with Crippen molar-refractivity contribution < 1.29 is 4.92 Å². The second kappa shape index (κ2) is 5.68. The summed E-state index contributed by atoms with van der Waals surface area (Å²) in [6.45, 7) is 3.22. The summed E-state index contributed by atoms with van der Waals surface area (Å²) in [4.78, 5) is 14.9. The van der Waals surface area contributed by atoms with Gasteiger partial charge in [0, 0.05) is 29.9 Å². The van der Waals surface area contributed by atoms with Crippen molar-refractivity contribution >= 4 is 22.3 Å². The average molecular weight is 285 g/mol. The maximum atomic E-state index is 11.1. The van der Waals surface area contributed by atoms with Crippen molar-refractivity contribution in [3.05, 3.63) is 40.6 Å². The summed E-state index contributed by atoms with van der Waals surface area (Å²) in [7, 11) is 0. The Labute approximate surface area is 123 Å². The number of benzene rings is 1. The van der Waals surface area contributed by atoms with Crippen molar-refractivity contribution in [3.8, 4) is 0 Å². The van der Waals surface area contributed by atoms with Crippen LogP contribution in [-0.2, 0) is 0 Å². The highest BCUT2D eigenvalue weighted by Gasteiger charge is 2.21. The molecule has 0 bridgehead atoms. The normalized spacial score (nSPS) is 21.6. The molecule has 1 aromatic carbocycles. The van der Waals surface area contributed by atoms with Gasteiger partial charge in [-0.2, -0.15) is 0 Å². The number of hydrogen-bond donors (Lipinski definition) is 1. The lowest BCUT2D eigenvalue weighted by atomic mass is 10.1. The molecule has 1 heterocycles. The van der Waals surface area contributed by atoms with Gasteiger partial charge in [-0.05, 0) is 30.7 Å². The van der Waals surface area contributed by atoms with Crippen molar-refractivity contribution in [1.82, 2.24) is 4.98 Å². The van der Waals surface area contributed by atoms with Crippen LogP contribution in [0.5, 0.6) is 0 Å². The minimum atomic E-state index is -0.377. The lowest BCUT2D eigenvalue weighted by molar-refractivity contribution is -0.383. The fourth-order valence-electron chi connectivity index (χ4n) is 3.23. The number of pyridine rings is 1. The molecule has 2 unspecified atom stereocenters. The van der Waals surface area contributed by atoms with Crippen molar-refractivity contribution in [2.24, 2.45) is 11.8 Å². The maximum Gasteiger partial charge on any atom is 0.295 e. The molecular formula is C16H19N3O2. The van der Waals surface area contributed by atoms with E-state index in [1.165, 1.54) is 25.3 Å². The molecule has 1 aliphatic rings. The lowest BCUT2D eigenvalue weighted by Gasteiger charge is -2.13. The highest BCUT2D eigenvalue weighted by atomic mass is 16.6. The average Bonchev–Trinajstić information content (AvgIpc) is 2.90. The zero-order valence-electron chi connectivity index (χ0n) is 12.1. The molecule has 5 nitrogen and oxygen atoms in total. The largest absolute Gasteiger partial charge is 0.384 e. The van der Waals surface area contributed by atoms with Crippen molar-refractivity contribution in [2.75, 3.05) is 11.9 Å². The number of nitrogens with one attached hydrogen (secondary N) is 1. The Morgan fingerprint density at radius 3 is 2.95 bits per heavy atom. The van der Waals surface area contributed by atoms with Gasteiger partial charge in [-0.25, -0.2) is 4.98 Å². The maximum absolute atomic E-state index is 11.1. The third-order valence-corrected chi connectivity index (χ3v) is 4.33. The first-order valence-corrected chi connectivity index (χ1v) is 7.41. The fourth-order valence-corrected chi connectivity index (χ4v) is 3.23. The predicted molar refractivity (Wildman–Crippen MR) is 83.4 cm³/mol. The zero-order valence-corrected chi connectivity index (χ0v) is 12.1. The molecule has 5 heteroatoms. The first kappa shape index (κ1) is 13.8. The molecule has 3 rings (SSSR count). The highest BCUT2D eigenvalue weighted by Crippen LogP contribution is 2.32. The van der Waals surface area contributed by atoms with E-state index in [4.69, 9.17) is 0 Å². The summed E-state index contributed by atoms with van der Waals surface area (Å²) in [6, 6.07) is 6.99. The molecule has 0 saturated heterocycles. The summed E-state index contributed by atoms with van der Waals surface area (Å²) >= 11 is 0. The van der Waals surface area contributed by atoms with E-state index in [9.17, 15) is 10.1 Å². The summed E-state index contributed by atoms with van der Waals surface area (Å²) in [5.74, 6) is 1.51. The number of anilines is 1. The first-order chi connectivity index (χ1) is 10.1. The van der Waals surface area contributed by atoms with E-state index in [0.29, 0.717) is 11.4 Å². The minimum absolute atomic E-state index is 0.0608. The van der Waals surface area contributed by atoms with Crippen LogP contribution in [0.15, 0.2) is 30.5 Å². The number of rotatable bonds is 4. The molecular weight excluding hydrogens is 266 g/mol. The van der Waals surface area contributed by atoms with E-state index < -0.39 is 0 Å². The Kier molecular flexibility index (Phi) is 3.73. The van der Waals surface area contributed by atoms with Crippen LogP contribution in [0, 0.1) is 22.0 Å². The molecule has 1 fully saturated rings. The minimum Gasteiger partial charge on any atom is -0.384 e. The summed E-state index contributed by atoms with van der Waals surface area (Å²) < 4.78 is 0. The molecule has 2 aromatic rings. The van der Waals surface area contributed by atoms with Gasteiger partial charge >= 0.3 is 0 Å². The van der Waals surface area contributed by atoms with E-state index in [1.807, 2.05) is 12.1 Å². The van der Waals surface area contributed by atoms with Gasteiger partial charge in [0.25, 0.3) is 5.69 Å². The van der Waals surface area contributed by atoms with Gasteiger partial charge in [0.05, 0.1) is 4.92 Å². The summed E-state index contributed by atoms with van der Waals surface area (Å²) in [5, 5.41) is 15.3. The molecule has 0 amide bonds. The van der Waals surface area contributed by atoms with Crippen LogP contribution in [0.3, 0.4) is 0 Å². The van der Waals surface area contributed by atoms with Crippen molar-refractivity contribution in [2.45, 2.75) is 26.2 Å². The van der Waals surface area contributed by atoms with Crippen LogP contribution in [0.4, 0.5) is 11.4 Å². The van der Waals surface area contributed by atoms with Crippen molar-refractivity contribution in [1.29, 1.82) is 0 Å². The van der Waals surface area contributed by atoms with Crippen LogP contribution in [0.2, 0.25) is 0 Å². The number of non-ortho nitro benzene ring substituents is 1. The molecule has 1 N–H and O–H groups in total. The number of nitro benzene ring substituents is 1. The first-order valence-electron chi connectivity index (χ1n) is 7.41. The number of nitrogens with zero attached hydrogens (tertiary/aromatic N) is 2. The topological polar surface area (TPSA) is 68.1 Å². The van der Waals surface area contributed by atoms with Gasteiger partial charge in [-0.1, -0.05) is 25.5 Å². The fraction of sp³-hybridized carbons (Fsp3) is 0.438. The van der Waals surface area contributed by atoms with Gasteiger partial charge in [0.15, 0.2) is 0 Å². The number of hydrogen-bond acceptors (Lipinski definition) is 4. The van der Waals surface area contributed by atoms with Crippen LogP contribution in [0.25, 0.3) is 10.9 Å². The Bertz CT molecular complexity index is 672. The van der Waals surface area contributed by atoms with Gasteiger partial charge in [-0.15, -0.1) is 0 Å². The summed E-state index contributed by atoms with van der Waals surface area (Å²) in [5.41, 5.74) is 1.45. The second-order valence-electron chi connectivity index (χ2n) is 5.95. The van der Waals surface area contributed by atoms with E-state index in [-0.39, 0.29) is 10.6 Å². The van der Waals surface area contributed by atoms with Crippen LogP contribution in [-0.4, -0.2) is 16.5 Å². The molecule has 1 saturated carbocycles. The Balaban J connectivity index is 1.85. The van der Waals surface area contributed by atoms with Gasteiger partial charge in [0.2, 0.25) is 0 Å². The van der Waals surface area contributed by atoms with Gasteiger partial charge < -0.3 is 5.32 Å². The predicted octanol–water partition coefficient (Wildman–Crippen LogP) is 3.99. The third-order valence-electron chi connectivity index (χ3n) is 4.33. The third kappa shape index (κ3) is 2.82. The Morgan fingerprint density at radius 2 is 2.24 bits per heavy atom. The van der Waals surface area contributed by atoms with Crippen LogP contribution < -0.4 is 5.32 Å². The molecule has 2 atom stereocenters. The summed E-state index contributed by atoms with van der Waals surface area (Å²) in [6.07, 6.45) is 5.46. The molecule has 0 radical (unpaired) electrons. The van der Waals surface area contributed by atoms with E-state index in [1.54, 1.807) is 12.3 Å². The van der Waals surface area contributed by atoms with Gasteiger partial charge in [-0.3, -0.25) is 10.1 Å². The highest BCUT2D eigenvalue weighted by molar-refractivity contribution is 5.96. The molecule has 110 valence electrons.